The van der Waals surface area contributed by atoms with Crippen molar-refractivity contribution in [1.29, 1.82) is 0 Å². The molecule has 2 saturated heterocycles. The van der Waals surface area contributed by atoms with Crippen molar-refractivity contribution in [2.24, 2.45) is 4.99 Å². The van der Waals surface area contributed by atoms with E-state index in [4.69, 9.17) is 4.74 Å². The van der Waals surface area contributed by atoms with E-state index in [1.54, 1.807) is 7.05 Å². The van der Waals surface area contributed by atoms with Crippen LogP contribution in [0.2, 0.25) is 0 Å². The van der Waals surface area contributed by atoms with Crippen molar-refractivity contribution >= 4 is 17.7 Å². The lowest BCUT2D eigenvalue weighted by atomic mass is 9.99. The molecule has 0 saturated carbocycles. The van der Waals surface area contributed by atoms with Gasteiger partial charge in [-0.2, -0.15) is 24.9 Å². The molecule has 1 unspecified atom stereocenters. The van der Waals surface area contributed by atoms with E-state index >= 15 is 0 Å². The summed E-state index contributed by atoms with van der Waals surface area (Å²) in [5.74, 6) is 1.83. The second-order valence-corrected chi connectivity index (χ2v) is 8.60. The second-order valence-electron chi connectivity index (χ2n) is 6.87. The Hall–Kier alpha value is -0.670. The van der Waals surface area contributed by atoms with Crippen molar-refractivity contribution in [1.82, 2.24) is 15.1 Å². The summed E-state index contributed by atoms with van der Waals surface area (Å²) < 4.78 is 44.3. The van der Waals surface area contributed by atoms with Gasteiger partial charge in [-0.3, -0.25) is 9.89 Å². The normalized spacial score (nSPS) is 23.8. The number of aliphatic imine (C=N–C) groups is 1. The third kappa shape index (κ3) is 5.66. The molecule has 2 aliphatic rings. The third-order valence-electron chi connectivity index (χ3n) is 5.27. The molecular weight excluding hydrogens is 365 g/mol. The summed E-state index contributed by atoms with van der Waals surface area (Å²) >= 11 is 1.96. The van der Waals surface area contributed by atoms with Gasteiger partial charge < -0.3 is 15.0 Å². The van der Waals surface area contributed by atoms with E-state index < -0.39 is 12.2 Å². The number of nitrogens with zero attached hydrogens (tertiary/aromatic N) is 3. The average Bonchev–Trinajstić information content (AvgIpc) is 2.62. The Morgan fingerprint density at radius 3 is 2.35 bits per heavy atom. The molecule has 1 N–H and O–H groups in total. The van der Waals surface area contributed by atoms with Gasteiger partial charge in [0, 0.05) is 57.7 Å². The molecule has 5 nitrogen and oxygen atoms in total. The first-order valence-electron chi connectivity index (χ1n) is 9.29. The minimum atomic E-state index is -4.17. The highest BCUT2D eigenvalue weighted by Crippen LogP contribution is 2.34. The minimum absolute atomic E-state index is 0.148. The second kappa shape index (κ2) is 9.50. The number of rotatable bonds is 5. The Morgan fingerprint density at radius 1 is 1.23 bits per heavy atom. The van der Waals surface area contributed by atoms with Gasteiger partial charge in [0.1, 0.15) is 6.04 Å². The maximum atomic E-state index is 12.9. The molecule has 0 aliphatic carbocycles. The smallest absolute Gasteiger partial charge is 0.381 e. The number of hydrogen-bond acceptors (Lipinski definition) is 4. The zero-order chi connectivity index (χ0) is 19.2. The van der Waals surface area contributed by atoms with Crippen LogP contribution in [-0.2, 0) is 4.74 Å². The van der Waals surface area contributed by atoms with Crippen LogP contribution in [0.5, 0.6) is 0 Å². The van der Waals surface area contributed by atoms with E-state index in [2.05, 4.69) is 22.1 Å². The summed E-state index contributed by atoms with van der Waals surface area (Å²) in [5, 5.41) is 3.47. The van der Waals surface area contributed by atoms with Gasteiger partial charge in [-0.25, -0.2) is 0 Å². The van der Waals surface area contributed by atoms with E-state index in [1.165, 1.54) is 11.8 Å². The maximum absolute atomic E-state index is 12.9. The molecule has 0 radical (unpaired) electrons. The Morgan fingerprint density at radius 2 is 1.85 bits per heavy atom. The van der Waals surface area contributed by atoms with E-state index in [0.717, 1.165) is 44.3 Å². The van der Waals surface area contributed by atoms with Crippen molar-refractivity contribution in [2.45, 2.75) is 43.7 Å². The summed E-state index contributed by atoms with van der Waals surface area (Å²) in [4.78, 5) is 7.91. The molecule has 0 spiro atoms. The van der Waals surface area contributed by atoms with Gasteiger partial charge >= 0.3 is 6.18 Å². The minimum Gasteiger partial charge on any atom is -0.381 e. The topological polar surface area (TPSA) is 40.1 Å². The molecule has 2 fully saturated rings. The number of ether oxygens (including phenoxy) is 1. The molecule has 26 heavy (non-hydrogen) atoms. The first kappa shape index (κ1) is 21.6. The van der Waals surface area contributed by atoms with Crippen LogP contribution in [0.3, 0.4) is 0 Å². The third-order valence-corrected chi connectivity index (χ3v) is 6.72. The zero-order valence-corrected chi connectivity index (χ0v) is 16.8. The molecule has 0 aromatic heterocycles. The average molecular weight is 397 g/mol. The van der Waals surface area contributed by atoms with Crippen LogP contribution >= 0.6 is 11.8 Å². The van der Waals surface area contributed by atoms with Gasteiger partial charge in [0.25, 0.3) is 0 Å². The quantitative estimate of drug-likeness (QED) is 0.571. The summed E-state index contributed by atoms with van der Waals surface area (Å²) in [7, 11) is 1.73. The monoisotopic (exact) mass is 396 g/mol. The SMILES string of the molecule is CCSC1(CNC(=NC)N2CCN(C(C)C(F)(F)F)CC2)CCOCC1. The van der Waals surface area contributed by atoms with Crippen LogP contribution in [0.1, 0.15) is 26.7 Å². The molecule has 2 aliphatic heterocycles. The fraction of sp³-hybridized carbons (Fsp3) is 0.941. The van der Waals surface area contributed by atoms with Crippen LogP contribution in [0.25, 0.3) is 0 Å². The molecule has 9 heteroatoms. The molecule has 2 heterocycles. The number of guanidine groups is 1. The van der Waals surface area contributed by atoms with Gasteiger partial charge in [-0.1, -0.05) is 6.92 Å². The van der Waals surface area contributed by atoms with Gasteiger partial charge in [0.2, 0.25) is 0 Å². The Bertz CT molecular complexity index is 456. The highest BCUT2D eigenvalue weighted by atomic mass is 32.2. The summed E-state index contributed by atoms with van der Waals surface area (Å²) in [6.07, 6.45) is -2.16. The number of nitrogens with one attached hydrogen (secondary N) is 1. The maximum Gasteiger partial charge on any atom is 0.403 e. The van der Waals surface area contributed by atoms with E-state index in [1.807, 2.05) is 11.8 Å². The fourth-order valence-electron chi connectivity index (χ4n) is 3.52. The van der Waals surface area contributed by atoms with E-state index in [9.17, 15) is 13.2 Å². The Balaban J connectivity index is 1.88. The first-order chi connectivity index (χ1) is 12.3. The largest absolute Gasteiger partial charge is 0.403 e. The van der Waals surface area contributed by atoms with E-state index in [-0.39, 0.29) is 4.75 Å². The summed E-state index contributed by atoms with van der Waals surface area (Å²) in [6.45, 7) is 7.66. The predicted molar refractivity (Wildman–Crippen MR) is 101 cm³/mol. The lowest BCUT2D eigenvalue weighted by molar-refractivity contribution is -0.181. The number of piperazine rings is 1. The van der Waals surface area contributed by atoms with Crippen LogP contribution in [-0.4, -0.2) is 91.5 Å². The van der Waals surface area contributed by atoms with Crippen LogP contribution < -0.4 is 5.32 Å². The highest BCUT2D eigenvalue weighted by molar-refractivity contribution is 8.00. The fourth-order valence-corrected chi connectivity index (χ4v) is 4.76. The first-order valence-corrected chi connectivity index (χ1v) is 10.3. The van der Waals surface area contributed by atoms with Gasteiger partial charge in [-0.05, 0) is 25.5 Å². The molecule has 0 bridgehead atoms. The molecule has 0 amide bonds. The number of alkyl halides is 3. The molecule has 152 valence electrons. The standard InChI is InChI=1S/C17H31F3N4OS/c1-4-26-16(5-11-25-12-6-16)13-22-15(21-3)24-9-7-23(8-10-24)14(2)17(18,19)20/h14H,4-13H2,1-3H3,(H,21,22). The van der Waals surface area contributed by atoms with Crippen molar-refractivity contribution in [3.05, 3.63) is 0 Å². The summed E-state index contributed by atoms with van der Waals surface area (Å²) in [6, 6.07) is -1.40. The lowest BCUT2D eigenvalue weighted by Crippen LogP contribution is -2.58. The van der Waals surface area contributed by atoms with Crippen LogP contribution in [0, 0.1) is 0 Å². The predicted octanol–water partition coefficient (Wildman–Crippen LogP) is 2.43. The number of halogens is 3. The van der Waals surface area contributed by atoms with Crippen molar-refractivity contribution < 1.29 is 17.9 Å². The van der Waals surface area contributed by atoms with E-state index in [0.29, 0.717) is 26.2 Å². The van der Waals surface area contributed by atoms with Gasteiger partial charge in [0.05, 0.1) is 0 Å². The summed E-state index contributed by atoms with van der Waals surface area (Å²) in [5.41, 5.74) is 0. The Kier molecular flexibility index (Phi) is 7.90. The molecule has 0 aromatic rings. The number of thioether (sulfide) groups is 1. The van der Waals surface area contributed by atoms with Crippen molar-refractivity contribution in [3.8, 4) is 0 Å². The van der Waals surface area contributed by atoms with Crippen molar-refractivity contribution in [3.63, 3.8) is 0 Å². The lowest BCUT2D eigenvalue weighted by Gasteiger charge is -2.41. The highest BCUT2D eigenvalue weighted by Gasteiger charge is 2.41. The molecule has 0 aromatic carbocycles. The Labute approximate surface area is 158 Å². The van der Waals surface area contributed by atoms with Crippen LogP contribution in [0.4, 0.5) is 13.2 Å². The molecule has 1 atom stereocenters. The number of hydrogen-bond donors (Lipinski definition) is 1. The van der Waals surface area contributed by atoms with Crippen molar-refractivity contribution in [2.75, 3.05) is 58.7 Å². The molecule has 2 rings (SSSR count). The molecular formula is C17H31F3N4OS. The van der Waals surface area contributed by atoms with Gasteiger partial charge in [-0.15, -0.1) is 0 Å². The van der Waals surface area contributed by atoms with Crippen LogP contribution in [0.15, 0.2) is 4.99 Å². The zero-order valence-electron chi connectivity index (χ0n) is 15.9. The van der Waals surface area contributed by atoms with Gasteiger partial charge in [0.15, 0.2) is 5.96 Å².